The summed E-state index contributed by atoms with van der Waals surface area (Å²) in [6.07, 6.45) is -0.632. The van der Waals surface area contributed by atoms with Crippen LogP contribution >= 0.6 is 0 Å². The molecule has 0 aromatic carbocycles. The molecule has 0 bridgehead atoms. The summed E-state index contributed by atoms with van der Waals surface area (Å²) in [4.78, 5) is 0. The normalized spacial score (nSPS) is 13.5. The minimum absolute atomic E-state index is 0.122. The molecule has 0 aromatic heterocycles. The fourth-order valence-electron chi connectivity index (χ4n) is 0.491. The number of aliphatic hydroxyl groups excluding tert-OH is 2. The third-order valence-electron chi connectivity index (χ3n) is 0.916. The van der Waals surface area contributed by atoms with Crippen LogP contribution in [0.15, 0.2) is 0 Å². The van der Waals surface area contributed by atoms with Crippen LogP contribution in [0.3, 0.4) is 0 Å². The second-order valence-corrected chi connectivity index (χ2v) is 1.81. The van der Waals surface area contributed by atoms with Gasteiger partial charge in [0.2, 0.25) is 0 Å². The molecule has 0 heterocycles. The van der Waals surface area contributed by atoms with Crippen LogP contribution in [-0.2, 0) is 9.47 Å². The average molecular weight is 150 g/mol. The monoisotopic (exact) mass is 150 g/mol. The highest BCUT2D eigenvalue weighted by Gasteiger charge is 2.01. The molecule has 1 atom stereocenters. The first kappa shape index (κ1) is 9.84. The Morgan fingerprint density at radius 2 is 1.90 bits per heavy atom. The molecule has 0 rings (SSSR count). The van der Waals surface area contributed by atoms with Crippen molar-refractivity contribution >= 4 is 0 Å². The van der Waals surface area contributed by atoms with Crippen LogP contribution in [0.5, 0.6) is 0 Å². The van der Waals surface area contributed by atoms with Gasteiger partial charge in [0.25, 0.3) is 0 Å². The highest BCUT2D eigenvalue weighted by molar-refractivity contribution is 4.49. The molecule has 2 N–H and O–H groups in total. The maximum atomic E-state index is 8.95. The van der Waals surface area contributed by atoms with Crippen LogP contribution in [0.2, 0.25) is 0 Å². The van der Waals surface area contributed by atoms with Gasteiger partial charge in [-0.05, 0) is 6.92 Å². The van der Waals surface area contributed by atoms with E-state index in [1.807, 2.05) is 6.92 Å². The lowest BCUT2D eigenvalue weighted by atomic mass is 10.4. The Kier molecular flexibility index (Phi) is 6.84. The van der Waals surface area contributed by atoms with Gasteiger partial charge in [-0.1, -0.05) is 0 Å². The Balaban J connectivity index is 3.00. The number of hydrogen-bond acceptors (Lipinski definition) is 4. The summed E-state index contributed by atoms with van der Waals surface area (Å²) < 4.78 is 9.40. The molecule has 0 aliphatic carbocycles. The van der Waals surface area contributed by atoms with Gasteiger partial charge in [-0.3, -0.25) is 0 Å². The lowest BCUT2D eigenvalue weighted by Crippen LogP contribution is -2.21. The summed E-state index contributed by atoms with van der Waals surface area (Å²) in [6.45, 7) is 2.45. The van der Waals surface area contributed by atoms with E-state index in [4.69, 9.17) is 14.9 Å². The van der Waals surface area contributed by atoms with Gasteiger partial charge in [-0.15, -0.1) is 0 Å². The molecular formula is C6H14O4. The third-order valence-corrected chi connectivity index (χ3v) is 0.916. The van der Waals surface area contributed by atoms with E-state index in [1.54, 1.807) is 0 Å². The van der Waals surface area contributed by atoms with E-state index in [2.05, 4.69) is 4.74 Å². The van der Waals surface area contributed by atoms with Crippen LogP contribution in [0, 0.1) is 0 Å². The molecule has 10 heavy (non-hydrogen) atoms. The smallest absolute Gasteiger partial charge is 0.143 e. The van der Waals surface area contributed by atoms with E-state index in [-0.39, 0.29) is 20.0 Å². The van der Waals surface area contributed by atoms with Gasteiger partial charge in [0.1, 0.15) is 12.9 Å². The molecule has 0 amide bonds. The van der Waals surface area contributed by atoms with Crippen LogP contribution in [0.25, 0.3) is 0 Å². The zero-order chi connectivity index (χ0) is 7.82. The van der Waals surface area contributed by atoms with E-state index in [0.717, 1.165) is 0 Å². The molecule has 0 aromatic rings. The summed E-state index contributed by atoms with van der Waals surface area (Å²) in [7, 11) is 0. The van der Waals surface area contributed by atoms with E-state index >= 15 is 0 Å². The Morgan fingerprint density at radius 3 is 2.40 bits per heavy atom. The standard InChI is InChI=1S/C6H14O4/c1-2-9-3-6(8)4-10-5-7/h6-8H,2-5H2,1H3. The van der Waals surface area contributed by atoms with Gasteiger partial charge in [0.05, 0.1) is 13.2 Å². The van der Waals surface area contributed by atoms with Crippen LogP contribution in [-0.4, -0.2) is 42.9 Å². The first-order chi connectivity index (χ1) is 4.81. The highest BCUT2D eigenvalue weighted by Crippen LogP contribution is 1.85. The van der Waals surface area contributed by atoms with Gasteiger partial charge in [-0.25, -0.2) is 0 Å². The Morgan fingerprint density at radius 1 is 1.30 bits per heavy atom. The Hall–Kier alpha value is -0.160. The Labute approximate surface area is 60.4 Å². The van der Waals surface area contributed by atoms with Crippen molar-refractivity contribution in [2.45, 2.75) is 13.0 Å². The predicted molar refractivity (Wildman–Crippen MR) is 35.5 cm³/mol. The van der Waals surface area contributed by atoms with Crippen molar-refractivity contribution < 1.29 is 19.7 Å². The topological polar surface area (TPSA) is 58.9 Å². The molecule has 0 fully saturated rings. The van der Waals surface area contributed by atoms with Crippen LogP contribution in [0.4, 0.5) is 0 Å². The lowest BCUT2D eigenvalue weighted by Gasteiger charge is -2.08. The van der Waals surface area contributed by atoms with Gasteiger partial charge in [0.15, 0.2) is 0 Å². The Bertz CT molecular complexity index is 58.8. The SMILES string of the molecule is CCOCC(O)COCO. The summed E-state index contributed by atoms with van der Waals surface area (Å²) in [5.74, 6) is 0. The van der Waals surface area contributed by atoms with E-state index in [1.165, 1.54) is 0 Å². The fourth-order valence-corrected chi connectivity index (χ4v) is 0.491. The van der Waals surface area contributed by atoms with E-state index in [9.17, 15) is 0 Å². The number of aliphatic hydroxyl groups is 2. The van der Waals surface area contributed by atoms with E-state index < -0.39 is 6.10 Å². The van der Waals surface area contributed by atoms with Crippen LogP contribution in [0.1, 0.15) is 6.92 Å². The summed E-state index contributed by atoms with van der Waals surface area (Å²) >= 11 is 0. The average Bonchev–Trinajstić information content (AvgIpc) is 1.97. The highest BCUT2D eigenvalue weighted by atomic mass is 16.6. The molecular weight excluding hydrogens is 136 g/mol. The fraction of sp³-hybridized carbons (Fsp3) is 1.00. The lowest BCUT2D eigenvalue weighted by molar-refractivity contribution is -0.0626. The van der Waals surface area contributed by atoms with Crippen molar-refractivity contribution in [3.63, 3.8) is 0 Å². The molecule has 4 nitrogen and oxygen atoms in total. The summed E-state index contributed by atoms with van der Waals surface area (Å²) in [6, 6.07) is 0. The van der Waals surface area contributed by atoms with Crippen molar-refractivity contribution in [3.8, 4) is 0 Å². The maximum absolute atomic E-state index is 8.95. The molecule has 0 aliphatic heterocycles. The van der Waals surface area contributed by atoms with Gasteiger partial charge in [-0.2, -0.15) is 0 Å². The van der Waals surface area contributed by atoms with Crippen molar-refractivity contribution in [3.05, 3.63) is 0 Å². The molecule has 4 heteroatoms. The largest absolute Gasteiger partial charge is 0.388 e. The molecule has 0 saturated carbocycles. The zero-order valence-corrected chi connectivity index (χ0v) is 6.12. The van der Waals surface area contributed by atoms with Crippen molar-refractivity contribution in [2.75, 3.05) is 26.6 Å². The third kappa shape index (κ3) is 5.97. The summed E-state index contributed by atoms with van der Waals surface area (Å²) in [5.41, 5.74) is 0. The van der Waals surface area contributed by atoms with E-state index in [0.29, 0.717) is 6.61 Å². The molecule has 0 spiro atoms. The number of hydrogen-bond donors (Lipinski definition) is 2. The van der Waals surface area contributed by atoms with Crippen molar-refractivity contribution in [1.82, 2.24) is 0 Å². The van der Waals surface area contributed by atoms with Gasteiger partial charge >= 0.3 is 0 Å². The summed E-state index contributed by atoms with van der Waals surface area (Å²) in [5, 5.41) is 17.1. The van der Waals surface area contributed by atoms with Crippen molar-refractivity contribution in [1.29, 1.82) is 0 Å². The molecule has 0 aliphatic rings. The number of ether oxygens (including phenoxy) is 2. The first-order valence-corrected chi connectivity index (χ1v) is 3.25. The maximum Gasteiger partial charge on any atom is 0.143 e. The second kappa shape index (κ2) is 6.95. The zero-order valence-electron chi connectivity index (χ0n) is 6.12. The van der Waals surface area contributed by atoms with Crippen LogP contribution < -0.4 is 0 Å². The van der Waals surface area contributed by atoms with Crippen molar-refractivity contribution in [2.24, 2.45) is 0 Å². The molecule has 0 saturated heterocycles. The minimum Gasteiger partial charge on any atom is -0.388 e. The quantitative estimate of drug-likeness (QED) is 0.494. The van der Waals surface area contributed by atoms with Gasteiger partial charge in [0, 0.05) is 6.61 Å². The first-order valence-electron chi connectivity index (χ1n) is 3.25. The van der Waals surface area contributed by atoms with Gasteiger partial charge < -0.3 is 19.7 Å². The minimum atomic E-state index is -0.632. The molecule has 0 radical (unpaired) electrons. The second-order valence-electron chi connectivity index (χ2n) is 1.81. The predicted octanol–water partition coefficient (Wildman–Crippen LogP) is -0.650. The number of rotatable bonds is 6. The molecule has 62 valence electrons. The molecule has 1 unspecified atom stereocenters.